The van der Waals surface area contributed by atoms with Crippen LogP contribution in [-0.2, 0) is 4.79 Å². The summed E-state index contributed by atoms with van der Waals surface area (Å²) < 4.78 is 0. The van der Waals surface area contributed by atoms with E-state index in [1.807, 2.05) is 0 Å². The van der Waals surface area contributed by atoms with Crippen LogP contribution in [0.25, 0.3) is 0 Å². The van der Waals surface area contributed by atoms with Gasteiger partial charge in [0.25, 0.3) is 0 Å². The van der Waals surface area contributed by atoms with Crippen molar-refractivity contribution in [2.45, 2.75) is 63.6 Å². The molecule has 0 aromatic heterocycles. The van der Waals surface area contributed by atoms with Crippen molar-refractivity contribution in [2.24, 2.45) is 0 Å². The van der Waals surface area contributed by atoms with Crippen LogP contribution in [0.3, 0.4) is 0 Å². The largest absolute Gasteiger partial charge is 0.481 e. The molecule has 0 aromatic rings. The van der Waals surface area contributed by atoms with Crippen molar-refractivity contribution in [1.29, 1.82) is 0 Å². The lowest BCUT2D eigenvalue weighted by Crippen LogP contribution is -2.55. The minimum absolute atomic E-state index is 0.139. The van der Waals surface area contributed by atoms with Crippen molar-refractivity contribution in [3.05, 3.63) is 0 Å². The minimum Gasteiger partial charge on any atom is -0.481 e. The van der Waals surface area contributed by atoms with Crippen LogP contribution in [0.5, 0.6) is 0 Å². The fraction of sp³-hybridized carbons (Fsp3) is 0.846. The van der Waals surface area contributed by atoms with Gasteiger partial charge in [-0.15, -0.1) is 0 Å². The second-order valence-electron chi connectivity index (χ2n) is 5.91. The van der Waals surface area contributed by atoms with Crippen LogP contribution >= 0.6 is 0 Å². The van der Waals surface area contributed by atoms with Gasteiger partial charge >= 0.3 is 12.0 Å². The first-order chi connectivity index (χ1) is 8.73. The molecule has 0 bridgehead atoms. The molecule has 1 rings (SSSR count). The number of nitrogens with zero attached hydrogens (tertiary/aromatic N) is 1. The number of hydrogen-bond donors (Lipinski definition) is 3. The van der Waals surface area contributed by atoms with E-state index in [4.69, 9.17) is 5.11 Å². The number of aliphatic hydroxyl groups excluding tert-OH is 1. The van der Waals surface area contributed by atoms with E-state index in [1.165, 1.54) is 4.90 Å². The smallest absolute Gasteiger partial charge is 0.317 e. The third-order valence-electron chi connectivity index (χ3n) is 3.55. The Morgan fingerprint density at radius 2 is 1.89 bits per heavy atom. The van der Waals surface area contributed by atoms with Gasteiger partial charge in [0, 0.05) is 12.6 Å². The monoisotopic (exact) mass is 272 g/mol. The number of carboxylic acids is 1. The van der Waals surface area contributed by atoms with Crippen LogP contribution in [0.15, 0.2) is 0 Å². The summed E-state index contributed by atoms with van der Waals surface area (Å²) in [6, 6.07) is -0.522. The second-order valence-corrected chi connectivity index (χ2v) is 5.91. The molecule has 0 aromatic carbocycles. The van der Waals surface area contributed by atoms with Crippen molar-refractivity contribution < 1.29 is 19.8 Å². The maximum Gasteiger partial charge on any atom is 0.317 e. The van der Waals surface area contributed by atoms with Crippen LogP contribution in [0.4, 0.5) is 4.79 Å². The maximum atomic E-state index is 12.1. The second kappa shape index (κ2) is 6.23. The van der Waals surface area contributed by atoms with E-state index in [0.29, 0.717) is 6.42 Å². The fourth-order valence-corrected chi connectivity index (χ4v) is 2.49. The number of nitrogens with one attached hydrogen (secondary N) is 1. The lowest BCUT2D eigenvalue weighted by molar-refractivity contribution is -0.138. The zero-order chi connectivity index (χ0) is 14.6. The van der Waals surface area contributed by atoms with Crippen LogP contribution in [0.1, 0.15) is 46.0 Å². The average molecular weight is 272 g/mol. The predicted molar refractivity (Wildman–Crippen MR) is 70.9 cm³/mol. The van der Waals surface area contributed by atoms with Crippen LogP contribution in [0.2, 0.25) is 0 Å². The zero-order valence-electron chi connectivity index (χ0n) is 11.8. The topological polar surface area (TPSA) is 89.9 Å². The van der Waals surface area contributed by atoms with Crippen LogP contribution in [0, 0.1) is 0 Å². The number of carbonyl (C=O) groups excluding carboxylic acids is 1. The molecule has 6 nitrogen and oxygen atoms in total. The number of likely N-dealkylation sites (N-methyl/N-ethyl adjacent to an activating group) is 1. The maximum absolute atomic E-state index is 12.1. The Kier molecular flexibility index (Phi) is 5.17. The van der Waals surface area contributed by atoms with Gasteiger partial charge in [-0.25, -0.2) is 4.79 Å². The summed E-state index contributed by atoms with van der Waals surface area (Å²) in [5.74, 6) is -0.953. The van der Waals surface area contributed by atoms with E-state index in [2.05, 4.69) is 5.32 Å². The minimum atomic E-state index is -0.953. The molecule has 2 amide bonds. The van der Waals surface area contributed by atoms with E-state index >= 15 is 0 Å². The molecular formula is C13H24N2O4. The molecule has 1 aliphatic rings. The summed E-state index contributed by atoms with van der Waals surface area (Å²) in [6.45, 7) is 3.34. The standard InChI is InChI=1S/C13H24N2O4/c1-13(2,8-11(17)18)14-12(19)15(3)9-6-4-5-7-10(9)16/h9-10,16H,4-8H2,1-3H3,(H,14,19)(H,17,18). The number of carbonyl (C=O) groups is 2. The molecule has 0 saturated heterocycles. The first-order valence-electron chi connectivity index (χ1n) is 6.68. The van der Waals surface area contributed by atoms with Gasteiger partial charge < -0.3 is 20.4 Å². The highest BCUT2D eigenvalue weighted by atomic mass is 16.4. The van der Waals surface area contributed by atoms with E-state index < -0.39 is 17.6 Å². The molecule has 110 valence electrons. The van der Waals surface area contributed by atoms with Crippen molar-refractivity contribution >= 4 is 12.0 Å². The lowest BCUT2D eigenvalue weighted by atomic mass is 9.91. The summed E-state index contributed by atoms with van der Waals surface area (Å²) in [5.41, 5.74) is -0.809. The van der Waals surface area contributed by atoms with E-state index in [9.17, 15) is 14.7 Å². The Labute approximate surface area is 113 Å². The Balaban J connectivity index is 2.59. The third-order valence-corrected chi connectivity index (χ3v) is 3.55. The van der Waals surface area contributed by atoms with Crippen LogP contribution in [-0.4, -0.2) is 51.8 Å². The number of urea groups is 1. The van der Waals surface area contributed by atoms with Crippen molar-refractivity contribution in [3.63, 3.8) is 0 Å². The van der Waals surface area contributed by atoms with E-state index in [-0.39, 0.29) is 18.5 Å². The molecule has 19 heavy (non-hydrogen) atoms. The molecule has 6 heteroatoms. The SMILES string of the molecule is CN(C(=O)NC(C)(C)CC(=O)O)C1CCCCC1O. The normalized spacial score (nSPS) is 23.8. The zero-order valence-corrected chi connectivity index (χ0v) is 11.8. The van der Waals surface area contributed by atoms with E-state index in [1.54, 1.807) is 20.9 Å². The quantitative estimate of drug-likeness (QED) is 0.717. The van der Waals surface area contributed by atoms with Gasteiger partial charge in [-0.2, -0.15) is 0 Å². The number of amides is 2. The Morgan fingerprint density at radius 3 is 2.42 bits per heavy atom. The third kappa shape index (κ3) is 4.70. The van der Waals surface area contributed by atoms with Crippen LogP contribution < -0.4 is 5.32 Å². The highest BCUT2D eigenvalue weighted by Gasteiger charge is 2.32. The highest BCUT2D eigenvalue weighted by molar-refractivity contribution is 5.76. The van der Waals surface area contributed by atoms with Crippen molar-refractivity contribution in [3.8, 4) is 0 Å². The molecule has 0 radical (unpaired) electrons. The molecule has 2 atom stereocenters. The highest BCUT2D eigenvalue weighted by Crippen LogP contribution is 2.22. The summed E-state index contributed by atoms with van der Waals surface area (Å²) in [4.78, 5) is 24.3. The van der Waals surface area contributed by atoms with Gasteiger partial charge in [0.1, 0.15) is 0 Å². The summed E-state index contributed by atoms with van der Waals surface area (Å²) in [5, 5.41) is 21.4. The van der Waals surface area contributed by atoms with Gasteiger partial charge in [-0.05, 0) is 26.7 Å². The van der Waals surface area contributed by atoms with Gasteiger partial charge in [-0.3, -0.25) is 4.79 Å². The van der Waals surface area contributed by atoms with Crippen molar-refractivity contribution in [2.75, 3.05) is 7.05 Å². The summed E-state index contributed by atoms with van der Waals surface area (Å²) >= 11 is 0. The molecule has 0 aliphatic heterocycles. The molecular weight excluding hydrogens is 248 g/mol. The van der Waals surface area contributed by atoms with Gasteiger partial charge in [0.15, 0.2) is 0 Å². The lowest BCUT2D eigenvalue weighted by Gasteiger charge is -2.37. The average Bonchev–Trinajstić information content (AvgIpc) is 2.26. The molecule has 1 aliphatic carbocycles. The number of aliphatic carboxylic acids is 1. The number of aliphatic hydroxyl groups is 1. The van der Waals surface area contributed by atoms with Gasteiger partial charge in [0.05, 0.1) is 18.6 Å². The Morgan fingerprint density at radius 1 is 1.32 bits per heavy atom. The predicted octanol–water partition coefficient (Wildman–Crippen LogP) is 1.18. The Hall–Kier alpha value is -1.30. The number of rotatable bonds is 4. The van der Waals surface area contributed by atoms with Gasteiger partial charge in [-0.1, -0.05) is 12.8 Å². The number of hydrogen-bond acceptors (Lipinski definition) is 3. The Bertz CT molecular complexity index is 344. The summed E-state index contributed by atoms with van der Waals surface area (Å²) in [6.07, 6.45) is 2.84. The summed E-state index contributed by atoms with van der Waals surface area (Å²) in [7, 11) is 1.64. The molecule has 1 saturated carbocycles. The molecule has 2 unspecified atom stereocenters. The van der Waals surface area contributed by atoms with Crippen molar-refractivity contribution in [1.82, 2.24) is 10.2 Å². The number of carboxylic acid groups (broad SMARTS) is 1. The first kappa shape index (κ1) is 15.8. The fourth-order valence-electron chi connectivity index (χ4n) is 2.49. The molecule has 0 heterocycles. The molecule has 3 N–H and O–H groups in total. The molecule has 0 spiro atoms. The van der Waals surface area contributed by atoms with E-state index in [0.717, 1.165) is 19.3 Å². The van der Waals surface area contributed by atoms with Gasteiger partial charge in [0.2, 0.25) is 0 Å². The first-order valence-corrected chi connectivity index (χ1v) is 6.68. The molecule has 1 fully saturated rings.